The number of hydrogen-bond donors (Lipinski definition) is 1. The first-order valence-corrected chi connectivity index (χ1v) is 6.76. The quantitative estimate of drug-likeness (QED) is 0.718. The van der Waals surface area contributed by atoms with Crippen LogP contribution in [-0.2, 0) is 0 Å². The van der Waals surface area contributed by atoms with Crippen molar-refractivity contribution in [2.24, 2.45) is 0 Å². The van der Waals surface area contributed by atoms with Crippen molar-refractivity contribution >= 4 is 16.7 Å². The second-order valence-corrected chi connectivity index (χ2v) is 5.26. The maximum atomic E-state index is 14.2. The molecule has 20 heavy (non-hydrogen) atoms. The lowest BCUT2D eigenvalue weighted by atomic mass is 10.2. The van der Waals surface area contributed by atoms with Crippen LogP contribution in [-0.4, -0.2) is 9.55 Å². The summed E-state index contributed by atoms with van der Waals surface area (Å²) in [7, 11) is 0. The molecular formula is C16H14FN3. The van der Waals surface area contributed by atoms with Crippen molar-refractivity contribution in [2.45, 2.75) is 18.9 Å². The lowest BCUT2D eigenvalue weighted by molar-refractivity contribution is 0.628. The average molecular weight is 267 g/mol. The number of fused-ring (bicyclic) bond motifs is 1. The molecule has 0 bridgehead atoms. The number of halogens is 1. The van der Waals surface area contributed by atoms with Crippen LogP contribution in [0.5, 0.6) is 0 Å². The van der Waals surface area contributed by atoms with Crippen LogP contribution in [0.25, 0.3) is 22.4 Å². The summed E-state index contributed by atoms with van der Waals surface area (Å²) in [6, 6.07) is 13.2. The molecule has 4 rings (SSSR count). The van der Waals surface area contributed by atoms with Gasteiger partial charge in [0.15, 0.2) is 0 Å². The molecule has 100 valence electrons. The Morgan fingerprint density at radius 3 is 2.70 bits per heavy atom. The van der Waals surface area contributed by atoms with Crippen molar-refractivity contribution in [1.82, 2.24) is 9.55 Å². The summed E-state index contributed by atoms with van der Waals surface area (Å²) >= 11 is 0. The van der Waals surface area contributed by atoms with Gasteiger partial charge in [-0.15, -0.1) is 0 Å². The van der Waals surface area contributed by atoms with Gasteiger partial charge in [0.1, 0.15) is 11.6 Å². The fourth-order valence-corrected chi connectivity index (χ4v) is 2.65. The highest BCUT2D eigenvalue weighted by molar-refractivity contribution is 5.81. The number of nitrogens with zero attached hydrogens (tertiary/aromatic N) is 2. The zero-order valence-corrected chi connectivity index (χ0v) is 10.9. The monoisotopic (exact) mass is 267 g/mol. The Balaban J connectivity index is 2.01. The molecule has 1 heterocycles. The van der Waals surface area contributed by atoms with E-state index in [1.165, 1.54) is 6.07 Å². The number of rotatable bonds is 2. The third-order valence-electron chi connectivity index (χ3n) is 3.74. The summed E-state index contributed by atoms with van der Waals surface area (Å²) in [6.45, 7) is 0. The summed E-state index contributed by atoms with van der Waals surface area (Å²) in [4.78, 5) is 4.62. The minimum Gasteiger partial charge on any atom is -0.399 e. The highest BCUT2D eigenvalue weighted by atomic mass is 19.1. The van der Waals surface area contributed by atoms with Crippen LogP contribution < -0.4 is 5.73 Å². The summed E-state index contributed by atoms with van der Waals surface area (Å²) in [5.74, 6) is 0.383. The van der Waals surface area contributed by atoms with E-state index in [2.05, 4.69) is 9.55 Å². The van der Waals surface area contributed by atoms with Crippen LogP contribution in [0, 0.1) is 5.82 Å². The Labute approximate surface area is 115 Å². The molecule has 1 aliphatic carbocycles. The van der Waals surface area contributed by atoms with E-state index >= 15 is 0 Å². The van der Waals surface area contributed by atoms with Crippen molar-refractivity contribution in [2.75, 3.05) is 5.73 Å². The molecule has 0 radical (unpaired) electrons. The zero-order valence-electron chi connectivity index (χ0n) is 10.9. The fraction of sp³-hybridized carbons (Fsp3) is 0.188. The Hall–Kier alpha value is -2.36. The highest BCUT2D eigenvalue weighted by Crippen LogP contribution is 2.41. The number of benzene rings is 2. The molecule has 2 N–H and O–H groups in total. The van der Waals surface area contributed by atoms with Crippen molar-refractivity contribution in [3.63, 3.8) is 0 Å². The summed E-state index contributed by atoms with van der Waals surface area (Å²) in [5.41, 5.74) is 8.55. The number of nitrogens with two attached hydrogens (primary N) is 1. The molecule has 1 saturated carbocycles. The Morgan fingerprint density at radius 2 is 1.95 bits per heavy atom. The normalized spacial score (nSPS) is 14.8. The topological polar surface area (TPSA) is 43.8 Å². The molecular weight excluding hydrogens is 253 g/mol. The van der Waals surface area contributed by atoms with E-state index in [-0.39, 0.29) is 5.82 Å². The highest BCUT2D eigenvalue weighted by Gasteiger charge is 2.29. The predicted molar refractivity (Wildman–Crippen MR) is 77.8 cm³/mol. The van der Waals surface area contributed by atoms with Crippen molar-refractivity contribution in [3.8, 4) is 11.4 Å². The van der Waals surface area contributed by atoms with Gasteiger partial charge in [0, 0.05) is 11.7 Å². The molecule has 1 aliphatic rings. The number of aromatic nitrogens is 2. The molecule has 0 aliphatic heterocycles. The molecule has 1 fully saturated rings. The predicted octanol–water partition coefficient (Wildman–Crippen LogP) is 3.76. The first-order valence-electron chi connectivity index (χ1n) is 6.76. The third-order valence-corrected chi connectivity index (χ3v) is 3.74. The minimum atomic E-state index is -0.317. The maximum absolute atomic E-state index is 14.2. The third kappa shape index (κ3) is 1.68. The van der Waals surface area contributed by atoms with Crippen LogP contribution in [0.3, 0.4) is 0 Å². The number of hydrogen-bond acceptors (Lipinski definition) is 2. The van der Waals surface area contributed by atoms with Gasteiger partial charge in [-0.1, -0.05) is 12.1 Å². The second kappa shape index (κ2) is 4.07. The van der Waals surface area contributed by atoms with E-state index in [0.29, 0.717) is 23.1 Å². The maximum Gasteiger partial charge on any atom is 0.144 e. The fourth-order valence-electron chi connectivity index (χ4n) is 2.65. The summed E-state index contributed by atoms with van der Waals surface area (Å²) in [5, 5.41) is 0. The Kier molecular flexibility index (Phi) is 2.33. The van der Waals surface area contributed by atoms with Crippen LogP contribution in [0.1, 0.15) is 18.9 Å². The number of anilines is 1. The molecule has 0 atom stereocenters. The summed E-state index contributed by atoms with van der Waals surface area (Å²) < 4.78 is 16.4. The van der Waals surface area contributed by atoms with Crippen molar-refractivity contribution in [1.29, 1.82) is 0 Å². The number of para-hydroxylation sites is 2. The van der Waals surface area contributed by atoms with Gasteiger partial charge in [0.05, 0.1) is 16.6 Å². The first-order chi connectivity index (χ1) is 9.74. The lowest BCUT2D eigenvalue weighted by Gasteiger charge is -2.08. The van der Waals surface area contributed by atoms with Crippen LogP contribution in [0.15, 0.2) is 42.5 Å². The smallest absolute Gasteiger partial charge is 0.144 e. The molecule has 4 heteroatoms. The van der Waals surface area contributed by atoms with Crippen molar-refractivity contribution < 1.29 is 4.39 Å². The number of nitrogen functional groups attached to an aromatic ring is 1. The summed E-state index contributed by atoms with van der Waals surface area (Å²) in [6.07, 6.45) is 2.26. The molecule has 3 nitrogen and oxygen atoms in total. The van der Waals surface area contributed by atoms with Gasteiger partial charge in [-0.3, -0.25) is 0 Å². The van der Waals surface area contributed by atoms with Gasteiger partial charge < -0.3 is 10.3 Å². The standard InChI is InChI=1S/C16H14FN3/c17-13-9-10(18)5-8-12(13)16-19-14-3-1-2-4-15(14)20(16)11-6-7-11/h1-5,8-9,11H,6-7,18H2. The van der Waals surface area contributed by atoms with E-state index in [0.717, 1.165) is 23.9 Å². The Bertz CT molecular complexity index is 803. The molecule has 2 aromatic carbocycles. The van der Waals surface area contributed by atoms with E-state index in [1.54, 1.807) is 12.1 Å². The van der Waals surface area contributed by atoms with Crippen LogP contribution in [0.4, 0.5) is 10.1 Å². The molecule has 1 aromatic heterocycles. The van der Waals surface area contributed by atoms with E-state index in [9.17, 15) is 4.39 Å². The van der Waals surface area contributed by atoms with E-state index in [1.807, 2.05) is 24.3 Å². The van der Waals surface area contributed by atoms with Gasteiger partial charge >= 0.3 is 0 Å². The molecule has 0 saturated heterocycles. The Morgan fingerprint density at radius 1 is 1.15 bits per heavy atom. The average Bonchev–Trinajstić information content (AvgIpc) is 3.19. The van der Waals surface area contributed by atoms with Gasteiger partial charge in [0.25, 0.3) is 0 Å². The van der Waals surface area contributed by atoms with E-state index in [4.69, 9.17) is 5.73 Å². The van der Waals surface area contributed by atoms with Crippen molar-refractivity contribution in [3.05, 3.63) is 48.3 Å². The van der Waals surface area contributed by atoms with Gasteiger partial charge in [-0.25, -0.2) is 9.37 Å². The van der Waals surface area contributed by atoms with E-state index < -0.39 is 0 Å². The van der Waals surface area contributed by atoms with Crippen LogP contribution >= 0.6 is 0 Å². The molecule has 0 unspecified atom stereocenters. The van der Waals surface area contributed by atoms with Crippen LogP contribution in [0.2, 0.25) is 0 Å². The van der Waals surface area contributed by atoms with Gasteiger partial charge in [0.2, 0.25) is 0 Å². The van der Waals surface area contributed by atoms with Gasteiger partial charge in [-0.05, 0) is 43.2 Å². The molecule has 0 amide bonds. The largest absolute Gasteiger partial charge is 0.399 e. The SMILES string of the molecule is Nc1ccc(-c2nc3ccccc3n2C2CC2)c(F)c1. The second-order valence-electron chi connectivity index (χ2n) is 5.26. The number of imidazole rings is 1. The van der Waals surface area contributed by atoms with Gasteiger partial charge in [-0.2, -0.15) is 0 Å². The zero-order chi connectivity index (χ0) is 13.7. The first kappa shape index (κ1) is 11.5. The molecule has 3 aromatic rings. The lowest BCUT2D eigenvalue weighted by Crippen LogP contribution is -1.99. The molecule has 0 spiro atoms. The minimum absolute atomic E-state index is 0.317.